The number of nitrogens with zero attached hydrogens (tertiary/aromatic N) is 1. The minimum Gasteiger partial charge on any atom is -0.454 e. The molecule has 0 saturated heterocycles. The molecule has 162 valence electrons. The van der Waals surface area contributed by atoms with Gasteiger partial charge >= 0.3 is 0 Å². The molecule has 0 fully saturated rings. The van der Waals surface area contributed by atoms with Crippen molar-refractivity contribution in [1.82, 2.24) is 4.40 Å². The number of para-hydroxylation sites is 1. The maximum atomic E-state index is 6.54. The molecule has 0 spiro atoms. The lowest BCUT2D eigenvalue weighted by atomic mass is 9.99. The third kappa shape index (κ3) is 2.20. The summed E-state index contributed by atoms with van der Waals surface area (Å²) >= 11 is 1.87. The second-order valence-electron chi connectivity index (χ2n) is 9.36. The third-order valence-electron chi connectivity index (χ3n) is 7.55. The summed E-state index contributed by atoms with van der Waals surface area (Å²) in [6.45, 7) is 0. The summed E-state index contributed by atoms with van der Waals surface area (Å²) in [6.07, 6.45) is 2.27. The van der Waals surface area contributed by atoms with Crippen molar-refractivity contribution in [3.8, 4) is 0 Å². The van der Waals surface area contributed by atoms with Crippen LogP contribution >= 0.6 is 11.3 Å². The molecule has 5 aromatic carbocycles. The molecule has 0 atom stereocenters. The van der Waals surface area contributed by atoms with Crippen molar-refractivity contribution in [2.24, 2.45) is 0 Å². The first-order valence-corrected chi connectivity index (χ1v) is 12.7. The van der Waals surface area contributed by atoms with Gasteiger partial charge in [0.05, 0.1) is 11.0 Å². The molecule has 9 aromatic rings. The molecular formula is C32H17NOS. The van der Waals surface area contributed by atoms with Gasteiger partial charge in [-0.2, -0.15) is 0 Å². The molecular weight excluding hydrogens is 446 g/mol. The number of hydrogen-bond acceptors (Lipinski definition) is 2. The van der Waals surface area contributed by atoms with Gasteiger partial charge in [-0.15, -0.1) is 11.3 Å². The number of pyridine rings is 1. The summed E-state index contributed by atoms with van der Waals surface area (Å²) in [7, 11) is 0. The predicted octanol–water partition coefficient (Wildman–Crippen LogP) is 9.67. The van der Waals surface area contributed by atoms with Crippen LogP contribution in [0.3, 0.4) is 0 Å². The molecule has 35 heavy (non-hydrogen) atoms. The number of hydrogen-bond donors (Lipinski definition) is 0. The van der Waals surface area contributed by atoms with E-state index in [9.17, 15) is 0 Å². The average molecular weight is 464 g/mol. The SMILES string of the molecule is c1ccc2c(c1)cn1c2c2cc3c(cc2c2ccc4c5ccccc5oc4c21)sc1ccccc13. The van der Waals surface area contributed by atoms with Crippen molar-refractivity contribution in [2.45, 2.75) is 0 Å². The molecule has 4 aromatic heterocycles. The molecule has 0 amide bonds. The van der Waals surface area contributed by atoms with Crippen LogP contribution in [-0.4, -0.2) is 4.40 Å². The van der Waals surface area contributed by atoms with Gasteiger partial charge in [-0.05, 0) is 35.7 Å². The zero-order valence-electron chi connectivity index (χ0n) is 18.6. The van der Waals surface area contributed by atoms with E-state index in [-0.39, 0.29) is 0 Å². The van der Waals surface area contributed by atoms with E-state index >= 15 is 0 Å². The van der Waals surface area contributed by atoms with Crippen LogP contribution < -0.4 is 0 Å². The molecule has 9 rings (SSSR count). The van der Waals surface area contributed by atoms with Crippen LogP contribution in [0.1, 0.15) is 0 Å². The van der Waals surface area contributed by atoms with Crippen molar-refractivity contribution in [1.29, 1.82) is 0 Å². The molecule has 3 heteroatoms. The van der Waals surface area contributed by atoms with E-state index in [1.807, 2.05) is 17.4 Å². The highest BCUT2D eigenvalue weighted by Gasteiger charge is 2.19. The van der Waals surface area contributed by atoms with Gasteiger partial charge in [0.15, 0.2) is 5.58 Å². The van der Waals surface area contributed by atoms with Crippen LogP contribution in [0.2, 0.25) is 0 Å². The topological polar surface area (TPSA) is 17.6 Å². The lowest BCUT2D eigenvalue weighted by molar-refractivity contribution is 0.671. The minimum absolute atomic E-state index is 0.930. The molecule has 0 radical (unpaired) electrons. The normalized spacial score (nSPS) is 12.6. The lowest BCUT2D eigenvalue weighted by Crippen LogP contribution is -1.90. The summed E-state index contributed by atoms with van der Waals surface area (Å²) in [5.41, 5.74) is 4.26. The average Bonchev–Trinajstić information content (AvgIpc) is 3.58. The number of rotatable bonds is 0. The maximum Gasteiger partial charge on any atom is 0.160 e. The first-order valence-electron chi connectivity index (χ1n) is 11.9. The number of thiophene rings is 1. The Kier molecular flexibility index (Phi) is 3.20. The lowest BCUT2D eigenvalue weighted by Gasteiger charge is -2.11. The van der Waals surface area contributed by atoms with Crippen LogP contribution in [-0.2, 0) is 0 Å². The van der Waals surface area contributed by atoms with Crippen molar-refractivity contribution < 1.29 is 4.42 Å². The Balaban J connectivity index is 1.62. The van der Waals surface area contributed by atoms with Gasteiger partial charge in [0.2, 0.25) is 0 Å². The standard InChI is InChI=1S/C32H17NOS/c1-2-8-19-18(7-1)17-33-30(19)26-15-25-21-10-4-6-12-28(21)35-29(25)16-24(26)22-13-14-23-20-9-3-5-11-27(20)34-32(23)31(22)33/h1-17H. The first-order chi connectivity index (χ1) is 17.3. The van der Waals surface area contributed by atoms with E-state index in [1.54, 1.807) is 0 Å². The monoisotopic (exact) mass is 463 g/mol. The molecule has 0 aliphatic carbocycles. The van der Waals surface area contributed by atoms with Crippen molar-refractivity contribution in [3.05, 3.63) is 103 Å². The summed E-state index contributed by atoms with van der Waals surface area (Å²) < 4.78 is 11.6. The Morgan fingerprint density at radius 2 is 1.29 bits per heavy atom. The first kappa shape index (κ1) is 18.0. The van der Waals surface area contributed by atoms with Gasteiger partial charge in [-0.3, -0.25) is 0 Å². The van der Waals surface area contributed by atoms with E-state index in [0.717, 1.165) is 27.5 Å². The maximum absolute atomic E-state index is 6.54. The fourth-order valence-electron chi connectivity index (χ4n) is 6.03. The Morgan fingerprint density at radius 1 is 0.514 bits per heavy atom. The number of fused-ring (bicyclic) bond motifs is 15. The van der Waals surface area contributed by atoms with Crippen molar-refractivity contribution in [3.63, 3.8) is 0 Å². The van der Waals surface area contributed by atoms with Crippen LogP contribution in [0, 0.1) is 0 Å². The van der Waals surface area contributed by atoms with Crippen molar-refractivity contribution >= 4 is 91.4 Å². The zero-order valence-corrected chi connectivity index (χ0v) is 19.4. The molecule has 4 heterocycles. The van der Waals surface area contributed by atoms with Crippen LogP contribution in [0.4, 0.5) is 0 Å². The Labute approximate surface area is 203 Å². The molecule has 2 nitrogen and oxygen atoms in total. The van der Waals surface area contributed by atoms with Gasteiger partial charge in [0.1, 0.15) is 5.58 Å². The number of benzene rings is 5. The third-order valence-corrected chi connectivity index (χ3v) is 8.68. The Hall–Kier alpha value is -4.34. The van der Waals surface area contributed by atoms with Crippen LogP contribution in [0.5, 0.6) is 0 Å². The molecule has 0 aliphatic heterocycles. The largest absolute Gasteiger partial charge is 0.454 e. The summed E-state index contributed by atoms with van der Waals surface area (Å²) in [5, 5.41) is 11.3. The second kappa shape index (κ2) is 6.21. The zero-order chi connectivity index (χ0) is 22.7. The van der Waals surface area contributed by atoms with E-state index in [1.165, 1.54) is 52.6 Å². The fourth-order valence-corrected chi connectivity index (χ4v) is 7.16. The highest BCUT2D eigenvalue weighted by Crippen LogP contribution is 2.44. The van der Waals surface area contributed by atoms with Crippen LogP contribution in [0.15, 0.2) is 108 Å². The van der Waals surface area contributed by atoms with Gasteiger partial charge in [-0.1, -0.05) is 66.7 Å². The van der Waals surface area contributed by atoms with E-state index < -0.39 is 0 Å². The molecule has 0 N–H and O–H groups in total. The van der Waals surface area contributed by atoms with Crippen LogP contribution in [0.25, 0.3) is 80.1 Å². The predicted molar refractivity (Wildman–Crippen MR) is 150 cm³/mol. The summed E-state index contributed by atoms with van der Waals surface area (Å²) in [4.78, 5) is 0. The van der Waals surface area contributed by atoms with Gasteiger partial charge in [0.25, 0.3) is 0 Å². The number of aromatic nitrogens is 1. The van der Waals surface area contributed by atoms with E-state index in [2.05, 4.69) is 102 Å². The van der Waals surface area contributed by atoms with E-state index in [0.29, 0.717) is 0 Å². The van der Waals surface area contributed by atoms with Gasteiger partial charge < -0.3 is 8.82 Å². The highest BCUT2D eigenvalue weighted by molar-refractivity contribution is 7.25. The van der Waals surface area contributed by atoms with Gasteiger partial charge in [-0.25, -0.2) is 0 Å². The molecule has 0 bridgehead atoms. The fraction of sp³-hybridized carbons (Fsp3) is 0. The Morgan fingerprint density at radius 3 is 2.23 bits per heavy atom. The minimum atomic E-state index is 0.930. The van der Waals surface area contributed by atoms with Gasteiger partial charge in [0, 0.05) is 58.7 Å². The van der Waals surface area contributed by atoms with E-state index in [4.69, 9.17) is 4.42 Å². The second-order valence-corrected chi connectivity index (χ2v) is 10.4. The molecule has 0 saturated carbocycles. The smallest absolute Gasteiger partial charge is 0.160 e. The molecule has 0 aliphatic rings. The Bertz CT molecular complexity index is 2330. The van der Waals surface area contributed by atoms with Crippen molar-refractivity contribution in [2.75, 3.05) is 0 Å². The quantitative estimate of drug-likeness (QED) is 0.205. The highest BCUT2D eigenvalue weighted by atomic mass is 32.1. The summed E-state index contributed by atoms with van der Waals surface area (Å²) in [6, 6.07) is 35.1. The summed E-state index contributed by atoms with van der Waals surface area (Å²) in [5.74, 6) is 0. The molecule has 0 unspecified atom stereocenters. The number of furan rings is 1.